The first-order valence-corrected chi connectivity index (χ1v) is 15.1. The van der Waals surface area contributed by atoms with Crippen molar-refractivity contribution in [1.82, 2.24) is 14.8 Å². The van der Waals surface area contributed by atoms with Crippen LogP contribution in [0.4, 0.5) is 30.2 Å². The first-order chi connectivity index (χ1) is 22.2. The van der Waals surface area contributed by atoms with E-state index in [9.17, 15) is 18.0 Å². The lowest BCUT2D eigenvalue weighted by Crippen LogP contribution is -2.44. The summed E-state index contributed by atoms with van der Waals surface area (Å²) in [4.78, 5) is 22.0. The molecule has 4 aromatic carbocycles. The number of halogens is 3. The maximum absolute atomic E-state index is 14.1. The van der Waals surface area contributed by atoms with Crippen LogP contribution in [0.15, 0.2) is 103 Å². The van der Waals surface area contributed by atoms with Gasteiger partial charge in [0.2, 0.25) is 0 Å². The zero-order valence-electron chi connectivity index (χ0n) is 25.4. The number of hydrogen-bond donors (Lipinski definition) is 2. The van der Waals surface area contributed by atoms with Gasteiger partial charge in [0.1, 0.15) is 0 Å². The molecule has 0 atom stereocenters. The lowest BCUT2D eigenvalue weighted by atomic mass is 10.0. The molecule has 1 aliphatic heterocycles. The van der Waals surface area contributed by atoms with Crippen LogP contribution in [0.1, 0.15) is 32.6 Å². The van der Waals surface area contributed by atoms with Gasteiger partial charge in [0, 0.05) is 66.8 Å². The van der Waals surface area contributed by atoms with E-state index in [-0.39, 0.29) is 17.8 Å². The number of nitrogens with zero attached hydrogens (tertiary/aromatic N) is 3. The van der Waals surface area contributed by atoms with Crippen molar-refractivity contribution < 1.29 is 18.0 Å². The normalized spacial score (nSPS) is 14.5. The summed E-state index contributed by atoms with van der Waals surface area (Å²) in [6.45, 7) is 3.25. The van der Waals surface area contributed by atoms with Crippen molar-refractivity contribution in [1.29, 1.82) is 0 Å². The molecule has 1 saturated heterocycles. The van der Waals surface area contributed by atoms with Crippen molar-refractivity contribution in [3.8, 4) is 0 Å². The molecule has 5 aromatic rings. The van der Waals surface area contributed by atoms with Crippen molar-refractivity contribution >= 4 is 46.0 Å². The average Bonchev–Trinajstić information content (AvgIpc) is 3.06. The molecule has 1 aliphatic rings. The van der Waals surface area contributed by atoms with Gasteiger partial charge in [0.05, 0.1) is 16.8 Å². The third kappa shape index (κ3) is 7.44. The molecule has 1 aromatic heterocycles. The summed E-state index contributed by atoms with van der Waals surface area (Å²) in [5.41, 5.74) is 4.20. The summed E-state index contributed by atoms with van der Waals surface area (Å²) in [5.74, 6) is -0.492. The second-order valence-electron chi connectivity index (χ2n) is 11.5. The minimum Gasteiger partial charge on any atom is -0.354 e. The maximum Gasteiger partial charge on any atom is 0.416 e. The van der Waals surface area contributed by atoms with Crippen LogP contribution in [0.3, 0.4) is 0 Å². The summed E-state index contributed by atoms with van der Waals surface area (Å²) in [5, 5.41) is 7.14. The van der Waals surface area contributed by atoms with Crippen LogP contribution in [0.25, 0.3) is 23.1 Å². The van der Waals surface area contributed by atoms with E-state index in [1.807, 2.05) is 84.8 Å². The van der Waals surface area contributed by atoms with Crippen LogP contribution >= 0.6 is 0 Å². The van der Waals surface area contributed by atoms with Gasteiger partial charge < -0.3 is 15.5 Å². The number of rotatable bonds is 8. The average molecular weight is 622 g/mol. The highest BCUT2D eigenvalue weighted by Crippen LogP contribution is 2.35. The SMILES string of the molecule is CN1CCN(Cc2ccc(NC(=O)c3cccc(/C=C\c4cnc5ccccc5c4Nc4ccccc4)c3)cc2C(F)(F)F)CC1. The minimum absolute atomic E-state index is 0.0965. The second-order valence-corrected chi connectivity index (χ2v) is 11.5. The number of para-hydroxylation sites is 2. The largest absolute Gasteiger partial charge is 0.416 e. The van der Waals surface area contributed by atoms with Crippen molar-refractivity contribution in [3.05, 3.63) is 131 Å². The minimum atomic E-state index is -4.54. The summed E-state index contributed by atoms with van der Waals surface area (Å²) in [7, 11) is 2.00. The van der Waals surface area contributed by atoms with E-state index in [0.717, 1.165) is 52.6 Å². The van der Waals surface area contributed by atoms with Crippen LogP contribution in [0, 0.1) is 0 Å². The molecular formula is C37H34F3N5O. The number of fused-ring (bicyclic) bond motifs is 1. The summed E-state index contributed by atoms with van der Waals surface area (Å²) in [6, 6.07) is 28.7. The Morgan fingerprint density at radius 3 is 2.39 bits per heavy atom. The molecule has 9 heteroatoms. The molecule has 0 spiro atoms. The number of alkyl halides is 3. The molecule has 6 rings (SSSR count). The van der Waals surface area contributed by atoms with Crippen LogP contribution in [0.5, 0.6) is 0 Å². The van der Waals surface area contributed by atoms with E-state index in [1.54, 1.807) is 24.4 Å². The Bertz CT molecular complexity index is 1870. The Hall–Kier alpha value is -4.99. The Morgan fingerprint density at radius 2 is 1.61 bits per heavy atom. The fraction of sp³-hybridized carbons (Fsp3) is 0.189. The molecule has 6 nitrogen and oxygen atoms in total. The van der Waals surface area contributed by atoms with E-state index in [1.165, 1.54) is 12.1 Å². The first kappa shape index (κ1) is 31.0. The predicted octanol–water partition coefficient (Wildman–Crippen LogP) is 8.17. The van der Waals surface area contributed by atoms with Crippen molar-refractivity contribution in [2.45, 2.75) is 12.7 Å². The van der Waals surface area contributed by atoms with Gasteiger partial charge in [0.15, 0.2) is 0 Å². The van der Waals surface area contributed by atoms with Gasteiger partial charge in [-0.1, -0.05) is 66.7 Å². The number of nitrogens with one attached hydrogen (secondary N) is 2. The quantitative estimate of drug-likeness (QED) is 0.183. The van der Waals surface area contributed by atoms with E-state index in [2.05, 4.69) is 20.5 Å². The van der Waals surface area contributed by atoms with E-state index < -0.39 is 17.6 Å². The monoisotopic (exact) mass is 621 g/mol. The highest BCUT2D eigenvalue weighted by Gasteiger charge is 2.34. The van der Waals surface area contributed by atoms with Gasteiger partial charge in [-0.05, 0) is 60.6 Å². The number of pyridine rings is 1. The Labute approximate surface area is 266 Å². The topological polar surface area (TPSA) is 60.5 Å². The molecular weight excluding hydrogens is 587 g/mol. The zero-order chi connectivity index (χ0) is 32.1. The molecule has 0 radical (unpaired) electrons. The Balaban J connectivity index is 1.21. The van der Waals surface area contributed by atoms with E-state index in [4.69, 9.17) is 0 Å². The molecule has 1 fully saturated rings. The van der Waals surface area contributed by atoms with Crippen LogP contribution in [-0.4, -0.2) is 53.9 Å². The highest BCUT2D eigenvalue weighted by molar-refractivity contribution is 6.05. The standard InChI is InChI=1S/C37H34F3N5O/c1-44-18-20-45(21-19-44)25-29-16-17-31(23-33(29)37(38,39)40)43-36(46)27-9-7-8-26(22-27)14-15-28-24-41-34-13-6-5-12-32(34)35(28)42-30-10-3-2-4-11-30/h2-17,22-24H,18-21,25H2,1H3,(H,41,42)(H,43,46)/b15-14-. The Kier molecular flexibility index (Phi) is 9.14. The number of amides is 1. The van der Waals surface area contributed by atoms with Crippen LogP contribution < -0.4 is 10.6 Å². The Morgan fingerprint density at radius 1 is 0.848 bits per heavy atom. The highest BCUT2D eigenvalue weighted by atomic mass is 19.4. The molecule has 2 N–H and O–H groups in total. The number of benzene rings is 4. The molecule has 234 valence electrons. The third-order valence-corrected chi connectivity index (χ3v) is 8.12. The summed E-state index contributed by atoms with van der Waals surface area (Å²) in [6.07, 6.45) is 1.07. The molecule has 46 heavy (non-hydrogen) atoms. The number of carbonyl (C=O) groups is 1. The maximum atomic E-state index is 14.1. The first-order valence-electron chi connectivity index (χ1n) is 15.1. The van der Waals surface area contributed by atoms with Gasteiger partial charge >= 0.3 is 6.18 Å². The molecule has 0 aliphatic carbocycles. The second kappa shape index (κ2) is 13.6. The molecule has 0 unspecified atom stereocenters. The number of aromatic nitrogens is 1. The lowest BCUT2D eigenvalue weighted by molar-refractivity contribution is -0.138. The zero-order valence-corrected chi connectivity index (χ0v) is 25.4. The van der Waals surface area contributed by atoms with Gasteiger partial charge in [-0.3, -0.25) is 14.7 Å². The van der Waals surface area contributed by atoms with Crippen LogP contribution in [0.2, 0.25) is 0 Å². The number of carbonyl (C=O) groups excluding carboxylic acids is 1. The molecule has 2 heterocycles. The lowest BCUT2D eigenvalue weighted by Gasteiger charge is -2.33. The molecule has 0 saturated carbocycles. The van der Waals surface area contributed by atoms with Gasteiger partial charge in [-0.25, -0.2) is 0 Å². The van der Waals surface area contributed by atoms with E-state index in [0.29, 0.717) is 18.7 Å². The summed E-state index contributed by atoms with van der Waals surface area (Å²) < 4.78 is 42.2. The number of likely N-dealkylation sites (N-methyl/N-ethyl adjacent to an activating group) is 1. The fourth-order valence-electron chi connectivity index (χ4n) is 5.56. The third-order valence-electron chi connectivity index (χ3n) is 8.12. The van der Waals surface area contributed by atoms with Gasteiger partial charge in [-0.2, -0.15) is 13.2 Å². The number of anilines is 3. The predicted molar refractivity (Wildman–Crippen MR) is 179 cm³/mol. The van der Waals surface area contributed by atoms with Gasteiger partial charge in [-0.15, -0.1) is 0 Å². The van der Waals surface area contributed by atoms with Crippen molar-refractivity contribution in [2.75, 3.05) is 43.9 Å². The molecule has 1 amide bonds. The fourth-order valence-corrected chi connectivity index (χ4v) is 5.56. The van der Waals surface area contributed by atoms with Crippen molar-refractivity contribution in [3.63, 3.8) is 0 Å². The van der Waals surface area contributed by atoms with Gasteiger partial charge in [0.25, 0.3) is 5.91 Å². The number of hydrogen-bond acceptors (Lipinski definition) is 5. The molecule has 0 bridgehead atoms. The summed E-state index contributed by atoms with van der Waals surface area (Å²) >= 11 is 0. The van der Waals surface area contributed by atoms with E-state index >= 15 is 0 Å². The number of piperazine rings is 1. The van der Waals surface area contributed by atoms with Crippen LogP contribution in [-0.2, 0) is 12.7 Å². The van der Waals surface area contributed by atoms with Crippen molar-refractivity contribution in [2.24, 2.45) is 0 Å². The smallest absolute Gasteiger partial charge is 0.354 e.